The lowest BCUT2D eigenvalue weighted by molar-refractivity contribution is 0.252. The Kier molecular flexibility index (Phi) is 3.32. The second-order valence-corrected chi connectivity index (χ2v) is 4.74. The molecule has 0 bridgehead atoms. The maximum absolute atomic E-state index is 11.4. The third-order valence-corrected chi connectivity index (χ3v) is 3.12. The lowest BCUT2D eigenvalue weighted by atomic mass is 10.2. The van der Waals surface area contributed by atoms with E-state index in [2.05, 4.69) is 26.2 Å². The molecule has 1 aliphatic carbocycles. The lowest BCUT2D eigenvalue weighted by Gasteiger charge is -2.07. The number of rotatable bonds is 4. The van der Waals surface area contributed by atoms with Crippen LogP contribution in [0.2, 0.25) is 0 Å². The molecule has 0 unspecified atom stereocenters. The molecule has 1 heterocycles. The summed E-state index contributed by atoms with van der Waals surface area (Å²) in [5.74, 6) is 0.775. The average molecular weight is 272 g/mol. The van der Waals surface area contributed by atoms with E-state index in [1.165, 1.54) is 0 Å². The van der Waals surface area contributed by atoms with E-state index in [0.717, 1.165) is 29.9 Å². The Morgan fingerprint density at radius 2 is 2.10 bits per heavy atom. The highest BCUT2D eigenvalue weighted by atomic mass is 16.2. The number of anilines is 1. The van der Waals surface area contributed by atoms with Gasteiger partial charge in [-0.15, -0.1) is 5.10 Å². The van der Waals surface area contributed by atoms with Gasteiger partial charge in [-0.3, -0.25) is 0 Å². The molecule has 0 atom stereocenters. The Bertz CT molecular complexity index is 602. The summed E-state index contributed by atoms with van der Waals surface area (Å²) in [6.45, 7) is 2.47. The van der Waals surface area contributed by atoms with E-state index in [-0.39, 0.29) is 6.03 Å². The summed E-state index contributed by atoms with van der Waals surface area (Å²) in [6, 6.07) is 7.74. The van der Waals surface area contributed by atoms with Crippen LogP contribution in [0, 0.1) is 0 Å². The predicted molar refractivity (Wildman–Crippen MR) is 74.2 cm³/mol. The summed E-state index contributed by atoms with van der Waals surface area (Å²) in [4.78, 5) is 11.4. The van der Waals surface area contributed by atoms with Crippen LogP contribution in [0.3, 0.4) is 0 Å². The van der Waals surface area contributed by atoms with E-state index >= 15 is 0 Å². The van der Waals surface area contributed by atoms with Crippen LogP contribution in [-0.4, -0.2) is 32.8 Å². The number of nitrogens with one attached hydrogen (secondary N) is 2. The molecule has 2 N–H and O–H groups in total. The molecule has 1 aromatic heterocycles. The van der Waals surface area contributed by atoms with Gasteiger partial charge in [0, 0.05) is 17.8 Å². The highest BCUT2D eigenvalue weighted by molar-refractivity contribution is 5.89. The van der Waals surface area contributed by atoms with Crippen molar-refractivity contribution in [3.8, 4) is 11.4 Å². The third-order valence-electron chi connectivity index (χ3n) is 3.12. The molecule has 0 aliphatic heterocycles. The van der Waals surface area contributed by atoms with Crippen LogP contribution in [0.5, 0.6) is 0 Å². The van der Waals surface area contributed by atoms with Crippen LogP contribution >= 0.6 is 0 Å². The molecular formula is C13H16N6O. The van der Waals surface area contributed by atoms with Crippen molar-refractivity contribution < 1.29 is 4.79 Å². The van der Waals surface area contributed by atoms with Gasteiger partial charge in [0.25, 0.3) is 0 Å². The number of hydrogen-bond donors (Lipinski definition) is 2. The van der Waals surface area contributed by atoms with Crippen molar-refractivity contribution in [3.05, 3.63) is 24.3 Å². The molecule has 0 saturated heterocycles. The molecule has 3 rings (SSSR count). The molecule has 20 heavy (non-hydrogen) atoms. The Labute approximate surface area is 116 Å². The molecule has 0 radical (unpaired) electrons. The van der Waals surface area contributed by atoms with Gasteiger partial charge < -0.3 is 10.6 Å². The number of urea groups is 1. The minimum Gasteiger partial charge on any atom is -0.338 e. The first kappa shape index (κ1) is 12.6. The minimum absolute atomic E-state index is 0.205. The van der Waals surface area contributed by atoms with Crippen LogP contribution in [0.1, 0.15) is 25.8 Å². The van der Waals surface area contributed by atoms with Gasteiger partial charge in [0.15, 0.2) is 5.82 Å². The molecule has 104 valence electrons. The zero-order valence-corrected chi connectivity index (χ0v) is 11.2. The fourth-order valence-corrected chi connectivity index (χ4v) is 1.99. The minimum atomic E-state index is -0.205. The number of nitrogens with zero attached hydrogens (tertiary/aromatic N) is 4. The molecule has 7 nitrogen and oxygen atoms in total. The monoisotopic (exact) mass is 272 g/mol. The quantitative estimate of drug-likeness (QED) is 0.889. The van der Waals surface area contributed by atoms with Crippen molar-refractivity contribution in [2.75, 3.05) is 11.9 Å². The van der Waals surface area contributed by atoms with Gasteiger partial charge in [-0.25, -0.2) is 9.48 Å². The number of benzene rings is 1. The lowest BCUT2D eigenvalue weighted by Crippen LogP contribution is -2.28. The summed E-state index contributed by atoms with van der Waals surface area (Å²) in [5, 5.41) is 17.3. The molecule has 1 fully saturated rings. The van der Waals surface area contributed by atoms with Crippen LogP contribution in [-0.2, 0) is 0 Å². The van der Waals surface area contributed by atoms with Crippen LogP contribution < -0.4 is 10.6 Å². The molecule has 2 amide bonds. The molecule has 1 aliphatic rings. The van der Waals surface area contributed by atoms with Crippen molar-refractivity contribution >= 4 is 11.7 Å². The number of aromatic nitrogens is 4. The highest BCUT2D eigenvalue weighted by Crippen LogP contribution is 2.36. The number of tetrazole rings is 1. The van der Waals surface area contributed by atoms with Gasteiger partial charge in [-0.2, -0.15) is 0 Å². The molecular weight excluding hydrogens is 256 g/mol. The fourth-order valence-electron chi connectivity index (χ4n) is 1.99. The van der Waals surface area contributed by atoms with Crippen molar-refractivity contribution in [2.24, 2.45) is 0 Å². The molecule has 2 aromatic rings. The van der Waals surface area contributed by atoms with Gasteiger partial charge in [-0.05, 0) is 54.5 Å². The zero-order valence-electron chi connectivity index (χ0n) is 11.2. The average Bonchev–Trinajstić information content (AvgIpc) is 3.18. The smallest absolute Gasteiger partial charge is 0.319 e. The largest absolute Gasteiger partial charge is 0.338 e. The predicted octanol–water partition coefficient (Wildman–Crippen LogP) is 1.82. The second kappa shape index (κ2) is 5.28. The summed E-state index contributed by atoms with van der Waals surface area (Å²) < 4.78 is 1.87. The summed E-state index contributed by atoms with van der Waals surface area (Å²) in [5.41, 5.74) is 1.69. The summed E-state index contributed by atoms with van der Waals surface area (Å²) >= 11 is 0. The molecule has 0 spiro atoms. The van der Waals surface area contributed by atoms with E-state index in [1.807, 2.05) is 35.9 Å². The Balaban J connectivity index is 1.75. The van der Waals surface area contributed by atoms with Crippen LogP contribution in [0.15, 0.2) is 24.3 Å². The first-order valence-corrected chi connectivity index (χ1v) is 6.71. The molecule has 1 aromatic carbocycles. The summed E-state index contributed by atoms with van der Waals surface area (Å²) in [7, 11) is 0. The van der Waals surface area contributed by atoms with E-state index in [1.54, 1.807) is 0 Å². The van der Waals surface area contributed by atoms with Crippen molar-refractivity contribution in [1.82, 2.24) is 25.5 Å². The SMILES string of the molecule is CCNC(=O)Nc1ccc(-c2nnnn2C2CC2)cc1. The van der Waals surface area contributed by atoms with Gasteiger partial charge >= 0.3 is 6.03 Å². The topological polar surface area (TPSA) is 84.7 Å². The molecule has 7 heteroatoms. The van der Waals surface area contributed by atoms with E-state index in [0.29, 0.717) is 12.6 Å². The maximum Gasteiger partial charge on any atom is 0.319 e. The van der Waals surface area contributed by atoms with Gasteiger partial charge in [0.2, 0.25) is 0 Å². The molecule has 1 saturated carbocycles. The van der Waals surface area contributed by atoms with Crippen LogP contribution in [0.25, 0.3) is 11.4 Å². The third kappa shape index (κ3) is 2.61. The first-order chi connectivity index (χ1) is 9.78. The van der Waals surface area contributed by atoms with E-state index in [9.17, 15) is 4.79 Å². The van der Waals surface area contributed by atoms with Crippen molar-refractivity contribution in [2.45, 2.75) is 25.8 Å². The van der Waals surface area contributed by atoms with Crippen molar-refractivity contribution in [3.63, 3.8) is 0 Å². The second-order valence-electron chi connectivity index (χ2n) is 4.74. The van der Waals surface area contributed by atoms with E-state index in [4.69, 9.17) is 0 Å². The first-order valence-electron chi connectivity index (χ1n) is 6.71. The Hall–Kier alpha value is -2.44. The fraction of sp³-hybridized carbons (Fsp3) is 0.385. The van der Waals surface area contributed by atoms with Gasteiger partial charge in [-0.1, -0.05) is 0 Å². The number of amides is 2. The maximum atomic E-state index is 11.4. The Morgan fingerprint density at radius 1 is 1.35 bits per heavy atom. The number of hydrogen-bond acceptors (Lipinski definition) is 4. The number of carbonyl (C=O) groups excluding carboxylic acids is 1. The Morgan fingerprint density at radius 3 is 2.75 bits per heavy atom. The zero-order chi connectivity index (χ0) is 13.9. The standard InChI is InChI=1S/C13H16N6O/c1-2-14-13(20)15-10-5-3-9(4-6-10)12-16-17-18-19(12)11-7-8-11/h3-6,11H,2,7-8H2,1H3,(H2,14,15,20). The summed E-state index contributed by atoms with van der Waals surface area (Å²) in [6.07, 6.45) is 2.27. The van der Waals surface area contributed by atoms with Gasteiger partial charge in [0.1, 0.15) is 0 Å². The van der Waals surface area contributed by atoms with Crippen molar-refractivity contribution in [1.29, 1.82) is 0 Å². The van der Waals surface area contributed by atoms with Gasteiger partial charge in [0.05, 0.1) is 6.04 Å². The number of carbonyl (C=O) groups is 1. The highest BCUT2D eigenvalue weighted by Gasteiger charge is 2.28. The van der Waals surface area contributed by atoms with E-state index < -0.39 is 0 Å². The van der Waals surface area contributed by atoms with Crippen LogP contribution in [0.4, 0.5) is 10.5 Å². The normalized spacial score (nSPS) is 14.1.